The second-order valence-electron chi connectivity index (χ2n) is 7.55. The highest BCUT2D eigenvalue weighted by Crippen LogP contribution is 2.33. The molecule has 2 aromatic carbocycles. The van der Waals surface area contributed by atoms with Gasteiger partial charge >= 0.3 is 0 Å². The Morgan fingerprint density at radius 1 is 1.06 bits per heavy atom. The lowest BCUT2D eigenvalue weighted by Crippen LogP contribution is -2.35. The van der Waals surface area contributed by atoms with Gasteiger partial charge in [0.2, 0.25) is 11.3 Å². The molecule has 3 aromatic rings. The summed E-state index contributed by atoms with van der Waals surface area (Å²) in [6.45, 7) is 9.03. The molecule has 0 saturated heterocycles. The van der Waals surface area contributed by atoms with Gasteiger partial charge < -0.3 is 14.8 Å². The van der Waals surface area contributed by atoms with E-state index in [1.54, 1.807) is 22.9 Å². The van der Waals surface area contributed by atoms with E-state index in [9.17, 15) is 9.59 Å². The molecule has 7 nitrogen and oxygen atoms in total. The molecule has 1 heterocycles. The zero-order valence-corrected chi connectivity index (χ0v) is 18.4. The van der Waals surface area contributed by atoms with Gasteiger partial charge in [0.25, 0.3) is 0 Å². The number of rotatable bonds is 9. The Balaban J connectivity index is 1.84. The van der Waals surface area contributed by atoms with Crippen LogP contribution in [0.1, 0.15) is 39.3 Å². The van der Waals surface area contributed by atoms with Crippen molar-refractivity contribution in [2.75, 3.05) is 13.2 Å². The molecule has 1 aromatic heterocycles. The maximum absolute atomic E-state index is 12.9. The highest BCUT2D eigenvalue weighted by atomic mass is 16.5. The lowest BCUT2D eigenvalue weighted by molar-refractivity contribution is -0.122. The number of amides is 1. The Kier molecular flexibility index (Phi) is 7.28. The lowest BCUT2D eigenvalue weighted by Gasteiger charge is -2.24. The third-order valence-electron chi connectivity index (χ3n) is 4.97. The van der Waals surface area contributed by atoms with E-state index in [1.807, 2.05) is 38.1 Å². The fourth-order valence-electron chi connectivity index (χ4n) is 3.54. The van der Waals surface area contributed by atoms with Crippen molar-refractivity contribution in [1.82, 2.24) is 15.1 Å². The third-order valence-corrected chi connectivity index (χ3v) is 4.97. The highest BCUT2D eigenvalue weighted by Gasteiger charge is 2.21. The van der Waals surface area contributed by atoms with E-state index in [2.05, 4.69) is 24.3 Å². The predicted molar refractivity (Wildman–Crippen MR) is 121 cm³/mol. The van der Waals surface area contributed by atoms with Crippen LogP contribution in [0.5, 0.6) is 11.5 Å². The maximum Gasteiger partial charge on any atom is 0.242 e. The van der Waals surface area contributed by atoms with Gasteiger partial charge in [-0.15, -0.1) is 0 Å². The number of carbonyl (C=O) groups excluding carboxylic acids is 1. The van der Waals surface area contributed by atoms with Crippen molar-refractivity contribution in [2.45, 2.75) is 40.3 Å². The molecule has 0 aliphatic heterocycles. The average Bonchev–Trinajstić information content (AvgIpc) is 2.76. The van der Waals surface area contributed by atoms with Gasteiger partial charge in [-0.2, -0.15) is 5.10 Å². The van der Waals surface area contributed by atoms with Crippen molar-refractivity contribution in [3.63, 3.8) is 0 Å². The number of hydrogen-bond acceptors (Lipinski definition) is 5. The molecule has 0 aliphatic rings. The zero-order chi connectivity index (χ0) is 22.4. The van der Waals surface area contributed by atoms with Gasteiger partial charge in [-0.05, 0) is 49.6 Å². The van der Waals surface area contributed by atoms with Crippen LogP contribution in [0.4, 0.5) is 0 Å². The number of nitrogens with zero attached hydrogens (tertiary/aromatic N) is 2. The largest absolute Gasteiger partial charge is 0.490 e. The highest BCUT2D eigenvalue weighted by molar-refractivity contribution is 5.81. The summed E-state index contributed by atoms with van der Waals surface area (Å²) in [6.07, 6.45) is 1.25. The molecule has 1 unspecified atom stereocenters. The minimum atomic E-state index is -0.215. The minimum Gasteiger partial charge on any atom is -0.490 e. The molecule has 7 heteroatoms. The van der Waals surface area contributed by atoms with Gasteiger partial charge in [0, 0.05) is 5.39 Å². The molecule has 0 aliphatic carbocycles. The molecule has 1 N–H and O–H groups in total. The van der Waals surface area contributed by atoms with Gasteiger partial charge in [-0.1, -0.05) is 32.0 Å². The summed E-state index contributed by atoms with van der Waals surface area (Å²) in [7, 11) is 0. The summed E-state index contributed by atoms with van der Waals surface area (Å²) in [5, 5.41) is 7.80. The molecular formula is C24H29N3O4. The Morgan fingerprint density at radius 2 is 1.77 bits per heavy atom. The summed E-state index contributed by atoms with van der Waals surface area (Å²) < 4.78 is 12.9. The quantitative estimate of drug-likeness (QED) is 0.567. The van der Waals surface area contributed by atoms with E-state index in [4.69, 9.17) is 9.47 Å². The number of fused-ring (bicyclic) bond motifs is 1. The van der Waals surface area contributed by atoms with Gasteiger partial charge in [-0.25, -0.2) is 0 Å². The minimum absolute atomic E-state index is 0.0133. The van der Waals surface area contributed by atoms with Gasteiger partial charge in [0.1, 0.15) is 6.54 Å². The topological polar surface area (TPSA) is 82.5 Å². The van der Waals surface area contributed by atoms with Crippen LogP contribution < -0.4 is 20.2 Å². The monoisotopic (exact) mass is 423 g/mol. The first-order valence-corrected chi connectivity index (χ1v) is 10.6. The molecule has 0 spiro atoms. The van der Waals surface area contributed by atoms with Crippen LogP contribution in [-0.4, -0.2) is 28.9 Å². The molecule has 3 rings (SSSR count). The van der Waals surface area contributed by atoms with Crippen LogP contribution >= 0.6 is 0 Å². The Morgan fingerprint density at radius 3 is 2.48 bits per heavy atom. The molecule has 0 saturated carbocycles. The predicted octanol–water partition coefficient (Wildman–Crippen LogP) is 3.71. The fraction of sp³-hybridized carbons (Fsp3) is 0.375. The average molecular weight is 424 g/mol. The van der Waals surface area contributed by atoms with Crippen LogP contribution in [0.2, 0.25) is 0 Å². The van der Waals surface area contributed by atoms with Crippen molar-refractivity contribution >= 4 is 16.8 Å². The molecule has 0 radical (unpaired) electrons. The molecule has 0 fully saturated rings. The van der Waals surface area contributed by atoms with Crippen molar-refractivity contribution in [3.8, 4) is 11.5 Å². The first kappa shape index (κ1) is 22.3. The number of para-hydroxylation sites is 1. The van der Waals surface area contributed by atoms with Crippen LogP contribution in [0.3, 0.4) is 0 Å². The van der Waals surface area contributed by atoms with Crippen molar-refractivity contribution in [3.05, 3.63) is 64.4 Å². The summed E-state index contributed by atoms with van der Waals surface area (Å²) >= 11 is 0. The SMILES string of the molecule is CCOc1ccc(C(NC(=O)Cn2ncc(=O)c3ccccc32)C(C)C)cc1OCC. The second kappa shape index (κ2) is 10.1. The molecule has 1 amide bonds. The molecule has 0 bridgehead atoms. The van der Waals surface area contributed by atoms with Crippen LogP contribution in [0.25, 0.3) is 10.9 Å². The number of carbonyl (C=O) groups is 1. The van der Waals surface area contributed by atoms with Crippen LogP contribution in [-0.2, 0) is 11.3 Å². The van der Waals surface area contributed by atoms with Crippen molar-refractivity contribution in [2.24, 2.45) is 5.92 Å². The van der Waals surface area contributed by atoms with Gasteiger partial charge in [0.15, 0.2) is 11.5 Å². The summed E-state index contributed by atoms with van der Waals surface area (Å²) in [5.41, 5.74) is 1.41. The maximum atomic E-state index is 12.9. The standard InChI is InChI=1S/C24H29N3O4/c1-5-30-21-12-11-17(13-22(21)31-6-2)24(16(3)4)26-23(29)15-27-19-10-8-7-9-18(19)20(28)14-25-27/h7-14,16,24H,5-6,15H2,1-4H3,(H,26,29). The van der Waals surface area contributed by atoms with Crippen LogP contribution in [0.15, 0.2) is 53.5 Å². The summed E-state index contributed by atoms with van der Waals surface area (Å²) in [4.78, 5) is 24.9. The fourth-order valence-corrected chi connectivity index (χ4v) is 3.54. The van der Waals surface area contributed by atoms with Gasteiger partial charge in [-0.3, -0.25) is 14.3 Å². The van der Waals surface area contributed by atoms with Crippen LogP contribution in [0, 0.1) is 5.92 Å². The number of nitrogens with one attached hydrogen (secondary N) is 1. The van der Waals surface area contributed by atoms with Crippen molar-refractivity contribution in [1.29, 1.82) is 0 Å². The van der Waals surface area contributed by atoms with E-state index in [-0.39, 0.29) is 29.8 Å². The number of ether oxygens (including phenoxy) is 2. The Bertz CT molecular complexity index is 1110. The number of benzene rings is 2. The molecule has 164 valence electrons. The Labute approximate surface area is 182 Å². The molecule has 31 heavy (non-hydrogen) atoms. The zero-order valence-electron chi connectivity index (χ0n) is 18.4. The summed E-state index contributed by atoms with van der Waals surface area (Å²) in [5.74, 6) is 1.31. The van der Waals surface area contributed by atoms with Crippen molar-refractivity contribution < 1.29 is 14.3 Å². The van der Waals surface area contributed by atoms with E-state index in [0.29, 0.717) is 35.6 Å². The Hall–Kier alpha value is -3.35. The van der Waals surface area contributed by atoms with E-state index < -0.39 is 0 Å². The number of hydrogen-bond donors (Lipinski definition) is 1. The molecular weight excluding hydrogens is 394 g/mol. The van der Waals surface area contributed by atoms with E-state index in [1.165, 1.54) is 6.20 Å². The smallest absolute Gasteiger partial charge is 0.242 e. The first-order chi connectivity index (χ1) is 14.9. The normalized spacial score (nSPS) is 12.0. The summed E-state index contributed by atoms with van der Waals surface area (Å²) in [6, 6.07) is 12.7. The lowest BCUT2D eigenvalue weighted by atomic mass is 9.95. The third kappa shape index (κ3) is 5.23. The van der Waals surface area contributed by atoms with E-state index >= 15 is 0 Å². The second-order valence-corrected chi connectivity index (χ2v) is 7.55. The molecule has 1 atom stereocenters. The van der Waals surface area contributed by atoms with Gasteiger partial charge in [0.05, 0.1) is 31.0 Å². The van der Waals surface area contributed by atoms with E-state index in [0.717, 1.165) is 5.56 Å². The number of aromatic nitrogens is 2. The first-order valence-electron chi connectivity index (χ1n) is 10.6.